The van der Waals surface area contributed by atoms with Crippen LogP contribution in [0.2, 0.25) is 5.02 Å². The van der Waals surface area contributed by atoms with Gasteiger partial charge in [-0.25, -0.2) is 0 Å². The first-order chi connectivity index (χ1) is 8.15. The van der Waals surface area contributed by atoms with Gasteiger partial charge in [-0.1, -0.05) is 11.6 Å². The van der Waals surface area contributed by atoms with Gasteiger partial charge in [-0.2, -0.15) is 13.2 Å². The van der Waals surface area contributed by atoms with E-state index in [-0.39, 0.29) is 0 Å². The number of carbonyl (C=O) groups is 1. The molecule has 1 aromatic carbocycles. The lowest BCUT2D eigenvalue weighted by Gasteiger charge is -2.24. The Kier molecular flexibility index (Phi) is 2.85. The zero-order valence-corrected chi connectivity index (χ0v) is 10.6. The second-order valence-electron chi connectivity index (χ2n) is 4.65. The molecule has 2 rings (SSSR count). The third kappa shape index (κ3) is 1.96. The van der Waals surface area contributed by atoms with Crippen molar-refractivity contribution in [3.8, 4) is 0 Å². The first-order valence-corrected chi connectivity index (χ1v) is 5.68. The zero-order chi connectivity index (χ0) is 13.7. The molecule has 1 aliphatic rings. The quantitative estimate of drug-likeness (QED) is 0.769. The average Bonchev–Trinajstić information content (AvgIpc) is 2.39. The molecule has 0 radical (unpaired) electrons. The van der Waals surface area contributed by atoms with Crippen molar-refractivity contribution < 1.29 is 18.0 Å². The molecular weight excluding hydrogens is 267 g/mol. The fourth-order valence-corrected chi connectivity index (χ4v) is 2.58. The van der Waals surface area contributed by atoms with Crippen molar-refractivity contribution >= 4 is 23.2 Å². The van der Waals surface area contributed by atoms with Gasteiger partial charge in [-0.15, -0.1) is 0 Å². The Morgan fingerprint density at radius 3 is 2.56 bits per heavy atom. The average molecular weight is 278 g/mol. The minimum absolute atomic E-state index is 0.324. The Labute approximate surface area is 107 Å². The van der Waals surface area contributed by atoms with E-state index in [1.165, 1.54) is 24.9 Å². The summed E-state index contributed by atoms with van der Waals surface area (Å²) in [6, 6.07) is 4.56. The van der Waals surface area contributed by atoms with Crippen LogP contribution < -0.4 is 4.90 Å². The molecule has 0 spiro atoms. The van der Waals surface area contributed by atoms with E-state index in [9.17, 15) is 18.0 Å². The molecule has 1 aromatic rings. The maximum absolute atomic E-state index is 12.6. The van der Waals surface area contributed by atoms with Crippen molar-refractivity contribution in [2.45, 2.75) is 24.9 Å². The van der Waals surface area contributed by atoms with Crippen LogP contribution >= 0.6 is 11.6 Å². The first-order valence-electron chi connectivity index (χ1n) is 5.30. The van der Waals surface area contributed by atoms with Gasteiger partial charge in [0.25, 0.3) is 0 Å². The summed E-state index contributed by atoms with van der Waals surface area (Å²) in [4.78, 5) is 13.3. The highest BCUT2D eigenvalue weighted by atomic mass is 35.5. The Balaban J connectivity index is 2.57. The predicted molar refractivity (Wildman–Crippen MR) is 62.9 cm³/mol. The zero-order valence-electron chi connectivity index (χ0n) is 9.81. The molecule has 0 bridgehead atoms. The van der Waals surface area contributed by atoms with E-state index in [0.29, 0.717) is 16.3 Å². The van der Waals surface area contributed by atoms with Crippen LogP contribution in [0.3, 0.4) is 0 Å². The van der Waals surface area contributed by atoms with E-state index in [0.717, 1.165) is 0 Å². The highest BCUT2D eigenvalue weighted by Crippen LogP contribution is 2.47. The lowest BCUT2D eigenvalue weighted by atomic mass is 9.80. The van der Waals surface area contributed by atoms with Gasteiger partial charge in [0, 0.05) is 17.8 Å². The second kappa shape index (κ2) is 3.88. The second-order valence-corrected chi connectivity index (χ2v) is 5.09. The van der Waals surface area contributed by atoms with Gasteiger partial charge >= 0.3 is 6.18 Å². The molecule has 1 heterocycles. The fourth-order valence-electron chi connectivity index (χ4n) is 2.41. The van der Waals surface area contributed by atoms with Crippen LogP contribution in [0.25, 0.3) is 0 Å². The van der Waals surface area contributed by atoms with Gasteiger partial charge in [-0.05, 0) is 30.7 Å². The van der Waals surface area contributed by atoms with Crippen LogP contribution in [0.4, 0.5) is 18.9 Å². The Bertz CT molecular complexity index is 515. The van der Waals surface area contributed by atoms with E-state index in [1.807, 2.05) is 0 Å². The van der Waals surface area contributed by atoms with E-state index >= 15 is 0 Å². The number of amides is 1. The van der Waals surface area contributed by atoms with Crippen molar-refractivity contribution in [1.82, 2.24) is 0 Å². The third-order valence-electron chi connectivity index (χ3n) is 3.25. The molecular formula is C12H11ClF3NO. The molecule has 1 unspecified atom stereocenters. The maximum atomic E-state index is 12.6. The van der Waals surface area contributed by atoms with Crippen molar-refractivity contribution in [3.05, 3.63) is 28.8 Å². The van der Waals surface area contributed by atoms with Crippen LogP contribution in [-0.4, -0.2) is 19.1 Å². The molecule has 2 nitrogen and oxygen atoms in total. The number of alkyl halides is 3. The minimum atomic E-state index is -4.41. The molecule has 0 saturated heterocycles. The number of hydrogen-bond donors (Lipinski definition) is 0. The van der Waals surface area contributed by atoms with E-state index in [4.69, 9.17) is 11.6 Å². The Morgan fingerprint density at radius 2 is 2.00 bits per heavy atom. The van der Waals surface area contributed by atoms with Crippen molar-refractivity contribution in [2.75, 3.05) is 11.9 Å². The molecule has 0 fully saturated rings. The summed E-state index contributed by atoms with van der Waals surface area (Å²) in [5, 5.41) is 0.324. The number of rotatable bonds is 1. The number of carbonyl (C=O) groups excluding carboxylic acids is 1. The lowest BCUT2D eigenvalue weighted by Crippen LogP contribution is -2.39. The number of hydrogen-bond acceptors (Lipinski definition) is 1. The van der Waals surface area contributed by atoms with Crippen molar-refractivity contribution in [2.24, 2.45) is 0 Å². The summed E-state index contributed by atoms with van der Waals surface area (Å²) in [6.07, 6.45) is -5.59. The van der Waals surface area contributed by atoms with Gasteiger partial charge in [0.2, 0.25) is 5.91 Å². The monoisotopic (exact) mass is 277 g/mol. The molecule has 1 aliphatic heterocycles. The summed E-state index contributed by atoms with van der Waals surface area (Å²) in [7, 11) is 1.47. The van der Waals surface area contributed by atoms with Crippen LogP contribution in [0.1, 0.15) is 18.9 Å². The fraction of sp³-hybridized carbons (Fsp3) is 0.417. The molecule has 1 atom stereocenters. The van der Waals surface area contributed by atoms with Crippen LogP contribution in [0.15, 0.2) is 18.2 Å². The Morgan fingerprint density at radius 1 is 1.39 bits per heavy atom. The van der Waals surface area contributed by atoms with Gasteiger partial charge in [0.1, 0.15) is 0 Å². The standard InChI is InChI=1S/C12H11ClF3NO/c1-11(6-12(14,15)16)8-5-7(13)3-4-9(8)17(2)10(11)18/h3-5H,6H2,1-2H3. The normalized spacial score (nSPS) is 23.4. The number of likely N-dealkylation sites (N-methyl/N-ethyl adjacent to an activating group) is 1. The van der Waals surface area contributed by atoms with Crippen LogP contribution in [0.5, 0.6) is 0 Å². The van der Waals surface area contributed by atoms with E-state index in [2.05, 4.69) is 0 Å². The van der Waals surface area contributed by atoms with Gasteiger partial charge in [0.05, 0.1) is 11.8 Å². The van der Waals surface area contributed by atoms with Crippen molar-refractivity contribution in [3.63, 3.8) is 0 Å². The molecule has 0 aromatic heterocycles. The van der Waals surface area contributed by atoms with Gasteiger partial charge < -0.3 is 4.90 Å². The van der Waals surface area contributed by atoms with Gasteiger partial charge in [-0.3, -0.25) is 4.79 Å². The van der Waals surface area contributed by atoms with Crippen LogP contribution in [0, 0.1) is 0 Å². The smallest absolute Gasteiger partial charge is 0.314 e. The van der Waals surface area contributed by atoms with Crippen LogP contribution in [-0.2, 0) is 10.2 Å². The summed E-state index contributed by atoms with van der Waals surface area (Å²) in [6.45, 7) is 1.31. The molecule has 0 N–H and O–H groups in total. The number of benzene rings is 1. The molecule has 0 aliphatic carbocycles. The summed E-state index contributed by atoms with van der Waals surface area (Å²) in [5.41, 5.74) is -0.774. The molecule has 1 amide bonds. The number of fused-ring (bicyclic) bond motifs is 1. The van der Waals surface area contributed by atoms with Gasteiger partial charge in [0.15, 0.2) is 0 Å². The van der Waals surface area contributed by atoms with Crippen molar-refractivity contribution in [1.29, 1.82) is 0 Å². The highest BCUT2D eigenvalue weighted by molar-refractivity contribution is 6.31. The largest absolute Gasteiger partial charge is 0.390 e. The number of halogens is 4. The highest BCUT2D eigenvalue weighted by Gasteiger charge is 2.52. The number of nitrogens with zero attached hydrogens (tertiary/aromatic N) is 1. The SMILES string of the molecule is CN1C(=O)C(C)(CC(F)(F)F)c2cc(Cl)ccc21. The minimum Gasteiger partial charge on any atom is -0.314 e. The summed E-state index contributed by atoms with van der Waals surface area (Å²) >= 11 is 5.81. The van der Waals surface area contributed by atoms with E-state index < -0.39 is 23.9 Å². The first kappa shape index (κ1) is 13.2. The molecule has 6 heteroatoms. The third-order valence-corrected chi connectivity index (χ3v) is 3.48. The predicted octanol–water partition coefficient (Wildman–Crippen LogP) is 3.53. The van der Waals surface area contributed by atoms with E-state index in [1.54, 1.807) is 12.1 Å². The Hall–Kier alpha value is -1.23. The lowest BCUT2D eigenvalue weighted by molar-refractivity contribution is -0.154. The molecule has 98 valence electrons. The maximum Gasteiger partial charge on any atom is 0.390 e. The summed E-state index contributed by atoms with van der Waals surface area (Å²) < 4.78 is 37.9. The summed E-state index contributed by atoms with van der Waals surface area (Å²) in [5.74, 6) is -0.558. The number of anilines is 1. The molecule has 0 saturated carbocycles. The topological polar surface area (TPSA) is 20.3 Å². The molecule has 18 heavy (non-hydrogen) atoms.